The number of hydrogen-bond acceptors (Lipinski definition) is 3. The van der Waals surface area contributed by atoms with Gasteiger partial charge in [-0.15, -0.1) is 0 Å². The maximum atomic E-state index is 12.9. The van der Waals surface area contributed by atoms with E-state index in [-0.39, 0.29) is 11.3 Å². The largest absolute Gasteiger partial charge is 0.358 e. The highest BCUT2D eigenvalue weighted by atomic mass is 16.1. The standard InChI is InChI=1S/C26H22N4O2/c1-15-6-11-21-22(12-15)30-24(29-21)14-17-7-9-18(10-8-17)28-26(32)20-5-3-4-19-23(31)13-16(2)27-25(19)20/h3-13H,14H2,1-2H3,(H,27,31)(H,28,32)(H,29,30). The molecule has 0 saturated heterocycles. The van der Waals surface area contributed by atoms with Crippen molar-refractivity contribution in [1.82, 2.24) is 15.0 Å². The second-order valence-corrected chi connectivity index (χ2v) is 8.08. The number of carbonyl (C=O) groups excluding carboxylic acids is 1. The minimum absolute atomic E-state index is 0.101. The number of para-hydroxylation sites is 1. The fourth-order valence-corrected chi connectivity index (χ4v) is 3.95. The van der Waals surface area contributed by atoms with Crippen LogP contribution in [0.3, 0.4) is 0 Å². The molecule has 0 fully saturated rings. The number of H-pyrrole nitrogens is 2. The lowest BCUT2D eigenvalue weighted by Gasteiger charge is -2.09. The van der Waals surface area contributed by atoms with E-state index < -0.39 is 0 Å². The van der Waals surface area contributed by atoms with Crippen LogP contribution < -0.4 is 10.7 Å². The van der Waals surface area contributed by atoms with E-state index >= 15 is 0 Å². The number of amides is 1. The van der Waals surface area contributed by atoms with Crippen molar-refractivity contribution in [2.45, 2.75) is 20.3 Å². The van der Waals surface area contributed by atoms with Crippen LogP contribution in [-0.4, -0.2) is 20.9 Å². The van der Waals surface area contributed by atoms with Crippen molar-refractivity contribution in [3.05, 3.63) is 105 Å². The highest BCUT2D eigenvalue weighted by Gasteiger charge is 2.13. The Bertz CT molecular complexity index is 1530. The Kier molecular flexibility index (Phi) is 4.82. The zero-order chi connectivity index (χ0) is 22.2. The zero-order valence-corrected chi connectivity index (χ0v) is 17.8. The smallest absolute Gasteiger partial charge is 0.257 e. The summed E-state index contributed by atoms with van der Waals surface area (Å²) in [5, 5.41) is 3.42. The second kappa shape index (κ2) is 7.81. The molecular weight excluding hydrogens is 400 g/mol. The highest BCUT2D eigenvalue weighted by molar-refractivity contribution is 6.11. The number of aromatic nitrogens is 3. The van der Waals surface area contributed by atoms with Gasteiger partial charge in [0.05, 0.1) is 22.1 Å². The molecule has 2 aromatic heterocycles. The third kappa shape index (κ3) is 3.78. The molecular formula is C26H22N4O2. The molecule has 6 nitrogen and oxygen atoms in total. The van der Waals surface area contributed by atoms with Crippen molar-refractivity contribution in [2.24, 2.45) is 0 Å². The Hall–Kier alpha value is -4.19. The van der Waals surface area contributed by atoms with E-state index in [4.69, 9.17) is 0 Å². The second-order valence-electron chi connectivity index (χ2n) is 8.08. The summed E-state index contributed by atoms with van der Waals surface area (Å²) < 4.78 is 0. The molecule has 32 heavy (non-hydrogen) atoms. The van der Waals surface area contributed by atoms with Gasteiger partial charge < -0.3 is 15.3 Å². The molecule has 0 aliphatic rings. The SMILES string of the molecule is Cc1ccc2nc(Cc3ccc(NC(=O)c4cccc5c(=O)cc(C)[nH]c45)cc3)[nH]c2c1. The molecule has 0 saturated carbocycles. The van der Waals surface area contributed by atoms with Gasteiger partial charge in [-0.3, -0.25) is 9.59 Å². The van der Waals surface area contributed by atoms with Crippen LogP contribution in [0.25, 0.3) is 21.9 Å². The third-order valence-electron chi connectivity index (χ3n) is 5.51. The summed E-state index contributed by atoms with van der Waals surface area (Å²) in [6, 6.07) is 20.6. The fourth-order valence-electron chi connectivity index (χ4n) is 3.95. The van der Waals surface area contributed by atoms with Crippen LogP contribution >= 0.6 is 0 Å². The van der Waals surface area contributed by atoms with Gasteiger partial charge in [0.25, 0.3) is 5.91 Å². The molecule has 5 rings (SSSR count). The monoisotopic (exact) mass is 422 g/mol. The van der Waals surface area contributed by atoms with Crippen molar-refractivity contribution in [2.75, 3.05) is 5.32 Å². The average Bonchev–Trinajstić information content (AvgIpc) is 3.16. The number of pyridine rings is 1. The van der Waals surface area contributed by atoms with Crippen LogP contribution in [0.1, 0.15) is 33.0 Å². The van der Waals surface area contributed by atoms with Crippen molar-refractivity contribution in [3.63, 3.8) is 0 Å². The Labute approximate surface area is 184 Å². The first-order valence-corrected chi connectivity index (χ1v) is 10.4. The molecule has 6 heteroatoms. The number of fused-ring (bicyclic) bond motifs is 2. The Balaban J connectivity index is 1.35. The van der Waals surface area contributed by atoms with E-state index in [0.29, 0.717) is 34.3 Å². The van der Waals surface area contributed by atoms with E-state index in [1.165, 1.54) is 11.6 Å². The molecule has 0 spiro atoms. The van der Waals surface area contributed by atoms with Crippen molar-refractivity contribution in [3.8, 4) is 0 Å². The number of aryl methyl sites for hydroxylation is 2. The first-order chi connectivity index (χ1) is 15.5. The summed E-state index contributed by atoms with van der Waals surface area (Å²) in [4.78, 5) is 36.3. The fraction of sp³-hybridized carbons (Fsp3) is 0.115. The van der Waals surface area contributed by atoms with E-state index in [2.05, 4.69) is 39.3 Å². The van der Waals surface area contributed by atoms with E-state index in [1.54, 1.807) is 25.1 Å². The number of rotatable bonds is 4. The van der Waals surface area contributed by atoms with Crippen LogP contribution in [0, 0.1) is 13.8 Å². The molecule has 0 aliphatic carbocycles. The van der Waals surface area contributed by atoms with Gasteiger partial charge in [0.2, 0.25) is 0 Å². The molecule has 158 valence electrons. The van der Waals surface area contributed by atoms with Gasteiger partial charge in [0, 0.05) is 29.3 Å². The molecule has 0 bridgehead atoms. The first-order valence-electron chi connectivity index (χ1n) is 10.4. The van der Waals surface area contributed by atoms with Crippen LogP contribution in [0.15, 0.2) is 71.5 Å². The summed E-state index contributed by atoms with van der Waals surface area (Å²) in [6.45, 7) is 3.86. The number of nitrogens with one attached hydrogen (secondary N) is 3. The molecule has 5 aromatic rings. The lowest BCUT2D eigenvalue weighted by atomic mass is 10.1. The predicted molar refractivity (Wildman–Crippen MR) is 127 cm³/mol. The lowest BCUT2D eigenvalue weighted by molar-refractivity contribution is 0.102. The minimum Gasteiger partial charge on any atom is -0.358 e. The number of imidazole rings is 1. The molecule has 3 aromatic carbocycles. The number of benzene rings is 3. The molecule has 1 amide bonds. The maximum Gasteiger partial charge on any atom is 0.257 e. The number of nitrogens with zero attached hydrogens (tertiary/aromatic N) is 1. The van der Waals surface area contributed by atoms with Crippen molar-refractivity contribution < 1.29 is 4.79 Å². The van der Waals surface area contributed by atoms with Gasteiger partial charge >= 0.3 is 0 Å². The average molecular weight is 422 g/mol. The Morgan fingerprint density at radius 2 is 1.78 bits per heavy atom. The van der Waals surface area contributed by atoms with Crippen molar-refractivity contribution >= 4 is 33.5 Å². The summed E-state index contributed by atoms with van der Waals surface area (Å²) >= 11 is 0. The van der Waals surface area contributed by atoms with Gasteiger partial charge in [0.1, 0.15) is 5.82 Å². The number of carbonyl (C=O) groups is 1. The van der Waals surface area contributed by atoms with Gasteiger partial charge in [-0.2, -0.15) is 0 Å². The Morgan fingerprint density at radius 1 is 0.969 bits per heavy atom. The van der Waals surface area contributed by atoms with Gasteiger partial charge in [-0.05, 0) is 61.4 Å². The normalized spacial score (nSPS) is 11.2. The molecule has 0 unspecified atom stereocenters. The van der Waals surface area contributed by atoms with Gasteiger partial charge in [-0.1, -0.05) is 24.3 Å². The summed E-state index contributed by atoms with van der Waals surface area (Å²) in [5.74, 6) is 0.634. The summed E-state index contributed by atoms with van der Waals surface area (Å²) in [5.41, 5.74) is 6.55. The van der Waals surface area contributed by atoms with Crippen LogP contribution in [0.4, 0.5) is 5.69 Å². The van der Waals surface area contributed by atoms with E-state index in [9.17, 15) is 9.59 Å². The number of hydrogen-bond donors (Lipinski definition) is 3. The minimum atomic E-state index is -0.266. The molecule has 2 heterocycles. The van der Waals surface area contributed by atoms with E-state index in [0.717, 1.165) is 22.4 Å². The lowest BCUT2D eigenvalue weighted by Crippen LogP contribution is -2.14. The van der Waals surface area contributed by atoms with Crippen molar-refractivity contribution in [1.29, 1.82) is 0 Å². The Morgan fingerprint density at radius 3 is 2.59 bits per heavy atom. The van der Waals surface area contributed by atoms with Crippen LogP contribution in [0.5, 0.6) is 0 Å². The van der Waals surface area contributed by atoms with Crippen LogP contribution in [-0.2, 0) is 6.42 Å². The number of aromatic amines is 2. The van der Waals surface area contributed by atoms with Gasteiger partial charge in [0.15, 0.2) is 5.43 Å². The zero-order valence-electron chi connectivity index (χ0n) is 17.8. The molecule has 0 atom stereocenters. The topological polar surface area (TPSA) is 90.6 Å². The number of anilines is 1. The van der Waals surface area contributed by atoms with Gasteiger partial charge in [-0.25, -0.2) is 4.98 Å². The predicted octanol–water partition coefficient (Wildman–Crippen LogP) is 4.86. The first kappa shape index (κ1) is 19.8. The van der Waals surface area contributed by atoms with E-state index in [1.807, 2.05) is 30.3 Å². The quantitative estimate of drug-likeness (QED) is 0.386. The maximum absolute atomic E-state index is 12.9. The van der Waals surface area contributed by atoms with Crippen LogP contribution in [0.2, 0.25) is 0 Å². The summed E-state index contributed by atoms with van der Waals surface area (Å²) in [6.07, 6.45) is 0.672. The molecule has 3 N–H and O–H groups in total. The molecule has 0 aliphatic heterocycles. The third-order valence-corrected chi connectivity index (χ3v) is 5.51. The highest BCUT2D eigenvalue weighted by Crippen LogP contribution is 2.19. The summed E-state index contributed by atoms with van der Waals surface area (Å²) in [7, 11) is 0. The molecule has 0 radical (unpaired) electrons.